The number of hydrogen-bond donors (Lipinski definition) is 3. The van der Waals surface area contributed by atoms with E-state index in [1.165, 1.54) is 19.1 Å². The van der Waals surface area contributed by atoms with Gasteiger partial charge in [-0.2, -0.15) is 0 Å². The maximum absolute atomic E-state index is 14.8. The van der Waals surface area contributed by atoms with Gasteiger partial charge in [0.25, 0.3) is 5.91 Å². The Morgan fingerprint density at radius 2 is 1.75 bits per heavy atom. The molecule has 5 nitrogen and oxygen atoms in total. The molecule has 32 heavy (non-hydrogen) atoms. The average Bonchev–Trinajstić information content (AvgIpc) is 2.83. The number of halogens is 2. The summed E-state index contributed by atoms with van der Waals surface area (Å²) in [4.78, 5) is 12.4. The van der Waals surface area contributed by atoms with E-state index in [0.29, 0.717) is 28.9 Å². The largest absolute Gasteiger partial charge is 0.411 e. The minimum Gasteiger partial charge on any atom is -0.411 e. The van der Waals surface area contributed by atoms with Gasteiger partial charge in [-0.1, -0.05) is 53.7 Å². The molecule has 0 spiro atoms. The molecule has 0 bridgehead atoms. The first-order valence-electron chi connectivity index (χ1n) is 9.90. The van der Waals surface area contributed by atoms with Gasteiger partial charge in [-0.3, -0.25) is 4.79 Å². The topological polar surface area (TPSA) is 87.7 Å². The number of carbonyl (C=O) groups is 1. The highest BCUT2D eigenvalue weighted by atomic mass is 19.1. The van der Waals surface area contributed by atoms with E-state index in [4.69, 9.17) is 10.9 Å². The number of rotatable bonds is 6. The molecule has 3 aromatic rings. The number of oxime groups is 1. The predicted octanol–water partition coefficient (Wildman–Crippen LogP) is 5.49. The van der Waals surface area contributed by atoms with Crippen LogP contribution >= 0.6 is 0 Å². The quantitative estimate of drug-likeness (QED) is 0.207. The first-order chi connectivity index (χ1) is 15.3. The number of benzene rings is 3. The van der Waals surface area contributed by atoms with Crippen molar-refractivity contribution in [2.45, 2.75) is 20.4 Å². The summed E-state index contributed by atoms with van der Waals surface area (Å²) in [5, 5.41) is 14.3. The molecule has 0 heterocycles. The maximum atomic E-state index is 14.8. The van der Waals surface area contributed by atoms with Crippen molar-refractivity contribution in [3.05, 3.63) is 95.1 Å². The first kappa shape index (κ1) is 22.8. The number of anilines is 1. The molecular formula is C25H23F2N3O2. The van der Waals surface area contributed by atoms with Crippen molar-refractivity contribution < 1.29 is 18.8 Å². The Morgan fingerprint density at radius 1 is 1.03 bits per heavy atom. The molecule has 0 saturated heterocycles. The minimum absolute atomic E-state index is 0.0731. The standard InChI is InChI=1S/C25H23F2N3O2/c1-15(17-7-5-8-18(12-17)16(2)30-32)24(27)25(31)29-23-11-10-19(13-22(23)26)21-9-4-3-6-20(21)14-28/h3-13,32H,14,28H2,1-2H3,(H,29,31)/b24-15+,30-16+. The van der Waals surface area contributed by atoms with E-state index in [2.05, 4.69) is 10.5 Å². The lowest BCUT2D eigenvalue weighted by molar-refractivity contribution is -0.114. The second-order valence-electron chi connectivity index (χ2n) is 7.22. The van der Waals surface area contributed by atoms with Crippen LogP contribution in [-0.2, 0) is 11.3 Å². The molecule has 1 amide bonds. The smallest absolute Gasteiger partial charge is 0.284 e. The van der Waals surface area contributed by atoms with Crippen LogP contribution in [0.1, 0.15) is 30.5 Å². The average molecular weight is 435 g/mol. The van der Waals surface area contributed by atoms with Crippen LogP contribution in [0, 0.1) is 5.82 Å². The monoisotopic (exact) mass is 435 g/mol. The van der Waals surface area contributed by atoms with Crippen LogP contribution in [-0.4, -0.2) is 16.8 Å². The fourth-order valence-corrected chi connectivity index (χ4v) is 3.27. The van der Waals surface area contributed by atoms with Crippen LogP contribution in [0.3, 0.4) is 0 Å². The second kappa shape index (κ2) is 9.98. The van der Waals surface area contributed by atoms with Gasteiger partial charge in [0, 0.05) is 6.54 Å². The van der Waals surface area contributed by atoms with Crippen molar-refractivity contribution in [3.8, 4) is 11.1 Å². The Labute approximate surface area is 184 Å². The highest BCUT2D eigenvalue weighted by Crippen LogP contribution is 2.28. The molecule has 3 rings (SSSR count). The summed E-state index contributed by atoms with van der Waals surface area (Å²) in [6.07, 6.45) is 0. The van der Waals surface area contributed by atoms with E-state index in [1.807, 2.05) is 24.3 Å². The van der Waals surface area contributed by atoms with Gasteiger partial charge in [-0.25, -0.2) is 8.78 Å². The van der Waals surface area contributed by atoms with E-state index < -0.39 is 17.6 Å². The summed E-state index contributed by atoms with van der Waals surface area (Å²) >= 11 is 0. The second-order valence-corrected chi connectivity index (χ2v) is 7.22. The van der Waals surface area contributed by atoms with Crippen molar-refractivity contribution in [1.29, 1.82) is 0 Å². The Balaban J connectivity index is 1.85. The lowest BCUT2D eigenvalue weighted by Crippen LogP contribution is -2.14. The molecular weight excluding hydrogens is 412 g/mol. The molecule has 7 heteroatoms. The van der Waals surface area contributed by atoms with Crippen molar-refractivity contribution >= 4 is 22.9 Å². The third kappa shape index (κ3) is 4.90. The molecule has 164 valence electrons. The maximum Gasteiger partial charge on any atom is 0.284 e. The van der Waals surface area contributed by atoms with E-state index in [1.54, 1.807) is 37.3 Å². The molecule has 0 aliphatic rings. The van der Waals surface area contributed by atoms with Gasteiger partial charge >= 0.3 is 0 Å². The van der Waals surface area contributed by atoms with Crippen molar-refractivity contribution in [2.75, 3.05) is 5.32 Å². The Kier molecular flexibility index (Phi) is 7.12. The SMILES string of the molecule is C/C(=N\O)c1cccc(/C(C)=C(/F)C(=O)Nc2ccc(-c3ccccc3CN)cc2F)c1. The summed E-state index contributed by atoms with van der Waals surface area (Å²) < 4.78 is 29.5. The highest BCUT2D eigenvalue weighted by molar-refractivity contribution is 6.07. The molecule has 0 fully saturated rings. The highest BCUT2D eigenvalue weighted by Gasteiger charge is 2.17. The fraction of sp³-hybridized carbons (Fsp3) is 0.120. The molecule has 3 aromatic carbocycles. The Hall–Kier alpha value is -3.84. The van der Waals surface area contributed by atoms with Gasteiger partial charge in [0.1, 0.15) is 5.82 Å². The summed E-state index contributed by atoms with van der Waals surface area (Å²) in [7, 11) is 0. The first-order valence-corrected chi connectivity index (χ1v) is 9.90. The third-order valence-corrected chi connectivity index (χ3v) is 5.16. The van der Waals surface area contributed by atoms with Gasteiger partial charge < -0.3 is 16.3 Å². The van der Waals surface area contributed by atoms with Crippen molar-refractivity contribution in [1.82, 2.24) is 0 Å². The number of carbonyl (C=O) groups excluding carboxylic acids is 1. The van der Waals surface area contributed by atoms with Crippen LogP contribution < -0.4 is 11.1 Å². The third-order valence-electron chi connectivity index (χ3n) is 5.16. The lowest BCUT2D eigenvalue weighted by atomic mass is 9.99. The summed E-state index contributed by atoms with van der Waals surface area (Å²) in [5.74, 6) is -2.79. The number of amides is 1. The van der Waals surface area contributed by atoms with Gasteiger partial charge in [-0.05, 0) is 65.4 Å². The zero-order valence-corrected chi connectivity index (χ0v) is 17.7. The van der Waals surface area contributed by atoms with Crippen molar-refractivity contribution in [2.24, 2.45) is 10.9 Å². The van der Waals surface area contributed by atoms with Gasteiger partial charge in [-0.15, -0.1) is 0 Å². The minimum atomic E-state index is -1.06. The number of nitrogens with one attached hydrogen (secondary N) is 1. The van der Waals surface area contributed by atoms with Crippen LogP contribution in [0.4, 0.5) is 14.5 Å². The van der Waals surface area contributed by atoms with Crippen molar-refractivity contribution in [3.63, 3.8) is 0 Å². The summed E-state index contributed by atoms with van der Waals surface area (Å²) in [5.41, 5.74) is 9.30. The van der Waals surface area contributed by atoms with Crippen LogP contribution in [0.5, 0.6) is 0 Å². The van der Waals surface area contributed by atoms with Gasteiger partial charge in [0.2, 0.25) is 0 Å². The molecule has 0 saturated carbocycles. The predicted molar refractivity (Wildman–Crippen MR) is 122 cm³/mol. The molecule has 0 unspecified atom stereocenters. The van der Waals surface area contributed by atoms with E-state index >= 15 is 0 Å². The van der Waals surface area contributed by atoms with Crippen LogP contribution in [0.15, 0.2) is 77.7 Å². The molecule has 0 atom stereocenters. The van der Waals surface area contributed by atoms with Crippen LogP contribution in [0.2, 0.25) is 0 Å². The molecule has 0 aromatic heterocycles. The van der Waals surface area contributed by atoms with E-state index in [9.17, 15) is 13.6 Å². The van der Waals surface area contributed by atoms with Gasteiger partial charge in [0.05, 0.1) is 11.4 Å². The number of nitrogens with zero attached hydrogens (tertiary/aromatic N) is 1. The van der Waals surface area contributed by atoms with E-state index in [0.717, 1.165) is 11.1 Å². The number of hydrogen-bond acceptors (Lipinski definition) is 4. The zero-order valence-electron chi connectivity index (χ0n) is 17.7. The molecule has 0 aliphatic heterocycles. The summed E-state index contributed by atoms with van der Waals surface area (Å²) in [6, 6.07) is 18.3. The Bertz CT molecular complexity index is 1220. The molecule has 0 aliphatic carbocycles. The lowest BCUT2D eigenvalue weighted by Gasteiger charge is -2.11. The van der Waals surface area contributed by atoms with Crippen LogP contribution in [0.25, 0.3) is 16.7 Å². The Morgan fingerprint density at radius 3 is 2.44 bits per heavy atom. The summed E-state index contributed by atoms with van der Waals surface area (Å²) in [6.45, 7) is 3.35. The van der Waals surface area contributed by atoms with Gasteiger partial charge in [0.15, 0.2) is 5.83 Å². The zero-order chi connectivity index (χ0) is 23.3. The number of nitrogens with two attached hydrogens (primary N) is 1. The molecule has 0 radical (unpaired) electrons. The normalized spacial score (nSPS) is 12.3. The fourth-order valence-electron chi connectivity index (χ4n) is 3.27. The number of allylic oxidation sites excluding steroid dienone is 1. The van der Waals surface area contributed by atoms with E-state index in [-0.39, 0.29) is 11.3 Å². The molecule has 4 N–H and O–H groups in total.